The van der Waals surface area contributed by atoms with Crippen molar-refractivity contribution in [3.05, 3.63) is 59.4 Å². The Morgan fingerprint density at radius 1 is 1.11 bits per heavy atom. The van der Waals surface area contributed by atoms with Crippen molar-refractivity contribution >= 4 is 34.6 Å². The van der Waals surface area contributed by atoms with Gasteiger partial charge in [-0.15, -0.1) is 0 Å². The lowest BCUT2D eigenvalue weighted by atomic mass is 10.1. The van der Waals surface area contributed by atoms with Gasteiger partial charge in [0.1, 0.15) is 11.6 Å². The minimum atomic E-state index is 0.00212. The van der Waals surface area contributed by atoms with Crippen LogP contribution in [0.3, 0.4) is 0 Å². The molecule has 1 aromatic carbocycles. The van der Waals surface area contributed by atoms with Gasteiger partial charge in [0.25, 0.3) is 0 Å². The monoisotopic (exact) mass is 370 g/mol. The van der Waals surface area contributed by atoms with Crippen molar-refractivity contribution in [3.8, 4) is 11.8 Å². The predicted molar refractivity (Wildman–Crippen MR) is 108 cm³/mol. The number of nitrogens with one attached hydrogen (secondary N) is 2. The van der Waals surface area contributed by atoms with Crippen molar-refractivity contribution < 1.29 is 9.59 Å². The number of carbonyl (C=O) groups is 2. The normalized spacial score (nSPS) is 12.8. The number of anilines is 2. The van der Waals surface area contributed by atoms with E-state index in [0.717, 1.165) is 29.9 Å². The van der Waals surface area contributed by atoms with Gasteiger partial charge in [-0.1, -0.05) is 30.0 Å². The van der Waals surface area contributed by atoms with Crippen LogP contribution in [-0.4, -0.2) is 29.2 Å². The summed E-state index contributed by atoms with van der Waals surface area (Å²) in [5, 5.41) is 7.55. The molecule has 138 valence electrons. The van der Waals surface area contributed by atoms with E-state index in [1.807, 2.05) is 12.1 Å². The fourth-order valence-electron chi connectivity index (χ4n) is 2.92. The Hall–Kier alpha value is -3.72. The highest BCUT2D eigenvalue weighted by Gasteiger charge is 2.29. The zero-order valence-electron chi connectivity index (χ0n) is 15.3. The van der Waals surface area contributed by atoms with Crippen LogP contribution in [0.4, 0.5) is 11.6 Å². The van der Waals surface area contributed by atoms with Crippen molar-refractivity contribution in [3.63, 3.8) is 0 Å². The van der Waals surface area contributed by atoms with Crippen LogP contribution in [-0.2, 0) is 4.79 Å². The molecular weight excluding hydrogens is 352 g/mol. The van der Waals surface area contributed by atoms with E-state index in [9.17, 15) is 9.59 Å². The smallest absolute Gasteiger partial charge is 0.228 e. The maximum absolute atomic E-state index is 12.1. The molecule has 1 aliphatic rings. The molecule has 1 aliphatic carbocycles. The summed E-state index contributed by atoms with van der Waals surface area (Å²) in [6.45, 7) is 0. The zero-order chi connectivity index (χ0) is 19.5. The molecule has 0 aliphatic heterocycles. The Labute approximate surface area is 162 Å². The zero-order valence-corrected chi connectivity index (χ0v) is 15.3. The molecule has 2 N–H and O–H groups in total. The number of hydrogen-bond donors (Lipinski definition) is 2. The minimum absolute atomic E-state index is 0.00212. The number of nitrogens with zero attached hydrogens (tertiary/aromatic N) is 2. The number of carbonyl (C=O) groups excluding carboxylic acids is 2. The average Bonchev–Trinajstić information content (AvgIpc) is 3.57. The van der Waals surface area contributed by atoms with E-state index in [2.05, 4.69) is 32.4 Å². The summed E-state index contributed by atoms with van der Waals surface area (Å²) in [5.74, 6) is 7.43. The molecule has 6 nitrogen and oxygen atoms in total. The van der Waals surface area contributed by atoms with Crippen LogP contribution in [0.1, 0.15) is 34.3 Å². The fourth-order valence-corrected chi connectivity index (χ4v) is 2.92. The van der Waals surface area contributed by atoms with Gasteiger partial charge in [-0.3, -0.25) is 9.59 Å². The third-order valence-electron chi connectivity index (χ3n) is 4.63. The standard InChI is InChI=1S/C22H18N4O2/c1-23-21-19-12-24-20(26-22(28)15-7-8-15)10-18(19)16(11-25-21)9-6-14-4-2-3-5-17(14)13-27/h2-5,10-13,15H,7-8H2,1H3,(H,23,25)(H,24,26,28). The quantitative estimate of drug-likeness (QED) is 0.544. The summed E-state index contributed by atoms with van der Waals surface area (Å²) in [5.41, 5.74) is 1.89. The first kappa shape index (κ1) is 17.7. The lowest BCUT2D eigenvalue weighted by Gasteiger charge is -2.09. The molecule has 6 heteroatoms. The van der Waals surface area contributed by atoms with E-state index in [1.165, 1.54) is 0 Å². The van der Waals surface area contributed by atoms with E-state index in [-0.39, 0.29) is 11.8 Å². The summed E-state index contributed by atoms with van der Waals surface area (Å²) < 4.78 is 0. The van der Waals surface area contributed by atoms with Gasteiger partial charge in [-0.05, 0) is 25.0 Å². The molecule has 0 bridgehead atoms. The number of benzene rings is 1. The lowest BCUT2D eigenvalue weighted by molar-refractivity contribution is -0.117. The van der Waals surface area contributed by atoms with Crippen LogP contribution in [0.5, 0.6) is 0 Å². The Morgan fingerprint density at radius 2 is 1.89 bits per heavy atom. The second kappa shape index (κ2) is 7.49. The number of rotatable bonds is 4. The molecular formula is C22H18N4O2. The molecule has 28 heavy (non-hydrogen) atoms. The van der Waals surface area contributed by atoms with Crippen LogP contribution < -0.4 is 10.6 Å². The van der Waals surface area contributed by atoms with E-state index in [1.54, 1.807) is 37.6 Å². The molecule has 0 spiro atoms. The molecule has 0 saturated heterocycles. The Bertz CT molecular complexity index is 1140. The van der Waals surface area contributed by atoms with Gasteiger partial charge in [-0.25, -0.2) is 9.97 Å². The van der Waals surface area contributed by atoms with Gasteiger partial charge in [0.05, 0.1) is 5.56 Å². The molecule has 2 aromatic heterocycles. The molecule has 4 rings (SSSR count). The maximum Gasteiger partial charge on any atom is 0.228 e. The molecule has 1 saturated carbocycles. The van der Waals surface area contributed by atoms with Crippen LogP contribution in [0.25, 0.3) is 10.8 Å². The largest absolute Gasteiger partial charge is 0.373 e. The second-order valence-electron chi connectivity index (χ2n) is 6.60. The van der Waals surface area contributed by atoms with Gasteiger partial charge in [0.2, 0.25) is 5.91 Å². The van der Waals surface area contributed by atoms with Crippen LogP contribution in [0, 0.1) is 17.8 Å². The van der Waals surface area contributed by atoms with Crippen LogP contribution in [0.2, 0.25) is 0 Å². The molecule has 0 radical (unpaired) electrons. The molecule has 3 aromatic rings. The van der Waals surface area contributed by atoms with E-state index < -0.39 is 0 Å². The summed E-state index contributed by atoms with van der Waals surface area (Å²) in [7, 11) is 1.79. The van der Waals surface area contributed by atoms with Crippen molar-refractivity contribution in [2.75, 3.05) is 17.7 Å². The van der Waals surface area contributed by atoms with Crippen molar-refractivity contribution in [1.29, 1.82) is 0 Å². The molecule has 1 amide bonds. The molecule has 0 unspecified atom stereocenters. The highest BCUT2D eigenvalue weighted by Crippen LogP contribution is 2.31. The highest BCUT2D eigenvalue weighted by atomic mass is 16.2. The first-order chi connectivity index (χ1) is 13.7. The van der Waals surface area contributed by atoms with E-state index in [4.69, 9.17) is 0 Å². The first-order valence-electron chi connectivity index (χ1n) is 9.03. The summed E-state index contributed by atoms with van der Waals surface area (Å²) in [4.78, 5) is 32.0. The molecule has 2 heterocycles. The number of pyridine rings is 2. The lowest BCUT2D eigenvalue weighted by Crippen LogP contribution is -2.14. The van der Waals surface area contributed by atoms with Crippen LogP contribution in [0.15, 0.2) is 42.7 Å². The van der Waals surface area contributed by atoms with Gasteiger partial charge in [-0.2, -0.15) is 0 Å². The summed E-state index contributed by atoms with van der Waals surface area (Å²) in [6.07, 6.45) is 6.01. The number of hydrogen-bond acceptors (Lipinski definition) is 5. The Morgan fingerprint density at radius 3 is 2.64 bits per heavy atom. The number of amides is 1. The predicted octanol–water partition coefficient (Wildman–Crippen LogP) is 3.23. The first-order valence-corrected chi connectivity index (χ1v) is 9.03. The van der Waals surface area contributed by atoms with Crippen molar-refractivity contribution in [1.82, 2.24) is 9.97 Å². The van der Waals surface area contributed by atoms with Gasteiger partial charge in [0.15, 0.2) is 6.29 Å². The number of aromatic nitrogens is 2. The van der Waals surface area contributed by atoms with Crippen molar-refractivity contribution in [2.24, 2.45) is 5.92 Å². The van der Waals surface area contributed by atoms with E-state index >= 15 is 0 Å². The number of fused-ring (bicyclic) bond motifs is 1. The topological polar surface area (TPSA) is 84.0 Å². The minimum Gasteiger partial charge on any atom is -0.373 e. The SMILES string of the molecule is CNc1ncc(C#Cc2ccccc2C=O)c2cc(NC(=O)C3CC3)ncc12. The summed E-state index contributed by atoms with van der Waals surface area (Å²) in [6, 6.07) is 8.98. The van der Waals surface area contributed by atoms with Gasteiger partial charge in [0, 0.05) is 47.3 Å². The van der Waals surface area contributed by atoms with E-state index in [0.29, 0.717) is 28.3 Å². The third-order valence-corrected chi connectivity index (χ3v) is 4.63. The Balaban J connectivity index is 1.78. The summed E-state index contributed by atoms with van der Waals surface area (Å²) >= 11 is 0. The molecule has 0 atom stereocenters. The van der Waals surface area contributed by atoms with Crippen LogP contribution >= 0.6 is 0 Å². The third kappa shape index (κ3) is 3.55. The average molecular weight is 370 g/mol. The second-order valence-corrected chi connectivity index (χ2v) is 6.60. The van der Waals surface area contributed by atoms with Gasteiger partial charge < -0.3 is 10.6 Å². The maximum atomic E-state index is 12.1. The number of aldehydes is 1. The molecule has 1 fully saturated rings. The fraction of sp³-hybridized carbons (Fsp3) is 0.182. The van der Waals surface area contributed by atoms with Gasteiger partial charge >= 0.3 is 0 Å². The van der Waals surface area contributed by atoms with Crippen molar-refractivity contribution in [2.45, 2.75) is 12.8 Å². The highest BCUT2D eigenvalue weighted by molar-refractivity contribution is 5.99. The Kier molecular flexibility index (Phi) is 4.73.